The van der Waals surface area contributed by atoms with Crippen LogP contribution >= 0.6 is 35.0 Å². The molecule has 19 heavy (non-hydrogen) atoms. The number of pyridine rings is 1. The number of nitrogens with zero attached hydrogens (tertiary/aromatic N) is 3. The normalized spacial score (nSPS) is 19.6. The summed E-state index contributed by atoms with van der Waals surface area (Å²) in [6.07, 6.45) is 1.51. The number of hydrogen-bond donors (Lipinski definition) is 1. The number of nitrogens with one attached hydrogen (secondary N) is 1. The Morgan fingerprint density at radius 3 is 3.05 bits per heavy atom. The highest BCUT2D eigenvalue weighted by molar-refractivity contribution is 7.99. The van der Waals surface area contributed by atoms with Crippen LogP contribution in [0.5, 0.6) is 0 Å². The second-order valence-electron chi connectivity index (χ2n) is 4.02. The molecule has 0 saturated carbocycles. The standard InChI is InChI=1S/C11H10Cl2N4OS/c12-6-3-7(13)9(15-4-6)10-16-11(18-17-10)8-5-19-2-1-14-8/h3-4,8,14H,1-2,5H2. The van der Waals surface area contributed by atoms with Gasteiger partial charge in [0, 0.05) is 24.2 Å². The van der Waals surface area contributed by atoms with Gasteiger partial charge in [-0.15, -0.1) is 0 Å². The summed E-state index contributed by atoms with van der Waals surface area (Å²) in [5.74, 6) is 2.97. The van der Waals surface area contributed by atoms with E-state index in [9.17, 15) is 0 Å². The average Bonchev–Trinajstić information content (AvgIpc) is 2.89. The first-order chi connectivity index (χ1) is 9.24. The highest BCUT2D eigenvalue weighted by atomic mass is 35.5. The van der Waals surface area contributed by atoms with Crippen molar-refractivity contribution < 1.29 is 4.52 Å². The van der Waals surface area contributed by atoms with Crippen molar-refractivity contribution >= 4 is 35.0 Å². The Morgan fingerprint density at radius 1 is 1.42 bits per heavy atom. The van der Waals surface area contributed by atoms with Crippen LogP contribution in [-0.2, 0) is 0 Å². The van der Waals surface area contributed by atoms with E-state index >= 15 is 0 Å². The highest BCUT2D eigenvalue weighted by Gasteiger charge is 2.22. The van der Waals surface area contributed by atoms with E-state index in [1.165, 1.54) is 6.20 Å². The smallest absolute Gasteiger partial charge is 0.245 e. The summed E-state index contributed by atoms with van der Waals surface area (Å²) >= 11 is 13.7. The van der Waals surface area contributed by atoms with E-state index in [0.29, 0.717) is 27.5 Å². The molecule has 1 N–H and O–H groups in total. The van der Waals surface area contributed by atoms with Gasteiger partial charge in [0.25, 0.3) is 0 Å². The van der Waals surface area contributed by atoms with Crippen LogP contribution in [0.3, 0.4) is 0 Å². The third kappa shape index (κ3) is 2.86. The van der Waals surface area contributed by atoms with Gasteiger partial charge < -0.3 is 9.84 Å². The molecule has 8 heteroatoms. The van der Waals surface area contributed by atoms with Gasteiger partial charge in [-0.3, -0.25) is 0 Å². The van der Waals surface area contributed by atoms with Crippen molar-refractivity contribution in [3.63, 3.8) is 0 Å². The monoisotopic (exact) mass is 316 g/mol. The van der Waals surface area contributed by atoms with Crippen LogP contribution in [0.2, 0.25) is 10.0 Å². The molecule has 3 heterocycles. The third-order valence-electron chi connectivity index (χ3n) is 2.68. The minimum absolute atomic E-state index is 0.0890. The largest absolute Gasteiger partial charge is 0.337 e. The molecule has 0 bridgehead atoms. The highest BCUT2D eigenvalue weighted by Crippen LogP contribution is 2.27. The molecule has 1 aliphatic heterocycles. The number of thioether (sulfide) groups is 1. The van der Waals surface area contributed by atoms with Crippen molar-refractivity contribution in [2.45, 2.75) is 6.04 Å². The van der Waals surface area contributed by atoms with E-state index in [-0.39, 0.29) is 6.04 Å². The van der Waals surface area contributed by atoms with E-state index in [1.807, 2.05) is 11.8 Å². The lowest BCUT2D eigenvalue weighted by Crippen LogP contribution is -2.30. The fraction of sp³-hybridized carbons (Fsp3) is 0.364. The molecule has 5 nitrogen and oxygen atoms in total. The van der Waals surface area contributed by atoms with Crippen LogP contribution in [0.25, 0.3) is 11.5 Å². The molecule has 0 aromatic carbocycles. The Balaban J connectivity index is 1.87. The van der Waals surface area contributed by atoms with Gasteiger partial charge >= 0.3 is 0 Å². The minimum atomic E-state index is 0.0890. The zero-order valence-electron chi connectivity index (χ0n) is 9.77. The lowest BCUT2D eigenvalue weighted by Gasteiger charge is -2.19. The quantitative estimate of drug-likeness (QED) is 0.919. The van der Waals surface area contributed by atoms with Gasteiger partial charge in [-0.25, -0.2) is 4.98 Å². The molecule has 2 aromatic rings. The summed E-state index contributed by atoms with van der Waals surface area (Å²) in [5.41, 5.74) is 0.476. The average molecular weight is 317 g/mol. The number of hydrogen-bond acceptors (Lipinski definition) is 6. The predicted octanol–water partition coefficient (Wildman–Crippen LogP) is 2.82. The summed E-state index contributed by atoms with van der Waals surface area (Å²) in [7, 11) is 0. The van der Waals surface area contributed by atoms with Crippen molar-refractivity contribution in [3.05, 3.63) is 28.2 Å². The molecule has 2 aromatic heterocycles. The molecular weight excluding hydrogens is 307 g/mol. The van der Waals surface area contributed by atoms with Crippen LogP contribution < -0.4 is 5.32 Å². The topological polar surface area (TPSA) is 63.8 Å². The molecule has 1 atom stereocenters. The van der Waals surface area contributed by atoms with Crippen molar-refractivity contribution in [1.82, 2.24) is 20.4 Å². The third-order valence-corrected chi connectivity index (χ3v) is 4.24. The summed E-state index contributed by atoms with van der Waals surface area (Å²) in [6.45, 7) is 0.937. The molecule has 1 saturated heterocycles. The first-order valence-electron chi connectivity index (χ1n) is 5.70. The maximum atomic E-state index is 6.07. The van der Waals surface area contributed by atoms with E-state index in [2.05, 4.69) is 20.4 Å². The first-order valence-corrected chi connectivity index (χ1v) is 7.61. The van der Waals surface area contributed by atoms with E-state index in [0.717, 1.165) is 18.1 Å². The van der Waals surface area contributed by atoms with E-state index in [4.69, 9.17) is 27.7 Å². The SMILES string of the molecule is Clc1cnc(-c2noc(C3CSCCN3)n2)c(Cl)c1. The molecule has 3 rings (SSSR count). The van der Waals surface area contributed by atoms with Gasteiger partial charge in [0.15, 0.2) is 0 Å². The summed E-state index contributed by atoms with van der Waals surface area (Å²) in [6, 6.07) is 1.70. The lowest BCUT2D eigenvalue weighted by molar-refractivity contribution is 0.342. The van der Waals surface area contributed by atoms with Crippen molar-refractivity contribution in [2.75, 3.05) is 18.1 Å². The summed E-state index contributed by atoms with van der Waals surface area (Å²) < 4.78 is 5.28. The van der Waals surface area contributed by atoms with E-state index in [1.54, 1.807) is 6.07 Å². The Labute approximate surface area is 124 Å². The summed E-state index contributed by atoms with van der Waals surface area (Å²) in [5, 5.41) is 8.14. The maximum Gasteiger partial charge on any atom is 0.245 e. The second-order valence-corrected chi connectivity index (χ2v) is 6.02. The second kappa shape index (κ2) is 5.66. The Hall–Kier alpha value is -0.820. The fourth-order valence-electron chi connectivity index (χ4n) is 1.78. The van der Waals surface area contributed by atoms with Crippen LogP contribution in [0, 0.1) is 0 Å². The molecule has 1 fully saturated rings. The Morgan fingerprint density at radius 2 is 2.32 bits per heavy atom. The predicted molar refractivity (Wildman–Crippen MR) is 75.6 cm³/mol. The minimum Gasteiger partial charge on any atom is -0.337 e. The first kappa shape index (κ1) is 13.2. The molecule has 0 amide bonds. The molecule has 1 aliphatic rings. The van der Waals surface area contributed by atoms with Gasteiger partial charge in [0.05, 0.1) is 16.1 Å². The van der Waals surface area contributed by atoms with Gasteiger partial charge in [-0.1, -0.05) is 28.4 Å². The van der Waals surface area contributed by atoms with Crippen molar-refractivity contribution in [3.8, 4) is 11.5 Å². The van der Waals surface area contributed by atoms with Crippen molar-refractivity contribution in [2.24, 2.45) is 0 Å². The van der Waals surface area contributed by atoms with Crippen LogP contribution in [0.15, 0.2) is 16.8 Å². The summed E-state index contributed by atoms with van der Waals surface area (Å²) in [4.78, 5) is 8.48. The zero-order valence-corrected chi connectivity index (χ0v) is 12.1. The van der Waals surface area contributed by atoms with Crippen LogP contribution in [0.1, 0.15) is 11.9 Å². The molecular formula is C11H10Cl2N4OS. The number of halogens is 2. The van der Waals surface area contributed by atoms with E-state index < -0.39 is 0 Å². The number of rotatable bonds is 2. The molecule has 0 spiro atoms. The van der Waals surface area contributed by atoms with Gasteiger partial charge in [0.2, 0.25) is 11.7 Å². The van der Waals surface area contributed by atoms with Crippen LogP contribution in [0.4, 0.5) is 0 Å². The Kier molecular flexibility index (Phi) is 3.93. The number of aromatic nitrogens is 3. The molecule has 1 unspecified atom stereocenters. The van der Waals surface area contributed by atoms with Gasteiger partial charge in [-0.05, 0) is 6.07 Å². The van der Waals surface area contributed by atoms with Crippen molar-refractivity contribution in [1.29, 1.82) is 0 Å². The van der Waals surface area contributed by atoms with Crippen LogP contribution in [-0.4, -0.2) is 33.2 Å². The van der Waals surface area contributed by atoms with Gasteiger partial charge in [-0.2, -0.15) is 16.7 Å². The fourth-order valence-corrected chi connectivity index (χ4v) is 3.17. The van der Waals surface area contributed by atoms with Gasteiger partial charge in [0.1, 0.15) is 5.69 Å². The molecule has 0 radical (unpaired) electrons. The zero-order chi connectivity index (χ0) is 13.2. The molecule has 100 valence electrons. The lowest BCUT2D eigenvalue weighted by atomic mass is 10.3. The molecule has 0 aliphatic carbocycles. The maximum absolute atomic E-state index is 6.07. The Bertz CT molecular complexity index is 586.